The van der Waals surface area contributed by atoms with Crippen LogP contribution in [0.2, 0.25) is 0 Å². The van der Waals surface area contributed by atoms with Gasteiger partial charge in [-0.05, 0) is 212 Å². The number of benzene rings is 8. The van der Waals surface area contributed by atoms with Gasteiger partial charge >= 0.3 is 0 Å². The van der Waals surface area contributed by atoms with Crippen LogP contribution in [0.4, 0.5) is 0 Å². The van der Waals surface area contributed by atoms with Crippen molar-refractivity contribution in [2.24, 2.45) is 0 Å². The summed E-state index contributed by atoms with van der Waals surface area (Å²) in [5.74, 6) is 3.36. The maximum absolute atomic E-state index is 5.55. The molecule has 8 aromatic carbocycles. The van der Waals surface area contributed by atoms with E-state index < -0.39 is 0 Å². The summed E-state index contributed by atoms with van der Waals surface area (Å²) >= 11 is 7.33. The molecule has 0 fully saturated rings. The molecular formula is C64H46O4S4. The fraction of sp³-hybridized carbons (Fsp3) is 0.0625. The van der Waals surface area contributed by atoms with Gasteiger partial charge in [0, 0.05) is 60.6 Å². The number of thiophene rings is 4. The molecule has 12 aromatic rings. The molecule has 0 spiro atoms. The normalized spacial score (nSPS) is 11.3. The Morgan fingerprint density at radius 3 is 0.806 bits per heavy atom. The zero-order valence-corrected chi connectivity index (χ0v) is 43.2. The molecule has 0 radical (unpaired) electrons. The molecule has 0 saturated heterocycles. The summed E-state index contributed by atoms with van der Waals surface area (Å²) in [5, 5.41) is 9.62. The molecule has 4 aromatic heterocycles. The molecule has 8 heteroatoms. The van der Waals surface area contributed by atoms with Crippen molar-refractivity contribution in [2.45, 2.75) is 0 Å². The lowest BCUT2D eigenvalue weighted by atomic mass is 9.90. The zero-order valence-electron chi connectivity index (χ0n) is 39.9. The molecule has 0 aliphatic carbocycles. The van der Waals surface area contributed by atoms with Crippen LogP contribution in [0.15, 0.2) is 206 Å². The van der Waals surface area contributed by atoms with Crippen molar-refractivity contribution in [3.8, 4) is 64.8 Å². The number of rotatable bonds is 12. The first kappa shape index (κ1) is 45.4. The lowest BCUT2D eigenvalue weighted by molar-refractivity contribution is 0.415. The second-order valence-electron chi connectivity index (χ2n) is 17.4. The van der Waals surface area contributed by atoms with E-state index in [9.17, 15) is 0 Å². The summed E-state index contributed by atoms with van der Waals surface area (Å²) in [7, 11) is 6.85. The van der Waals surface area contributed by atoms with Crippen LogP contribution in [0.3, 0.4) is 0 Å². The minimum Gasteiger partial charge on any atom is -0.497 e. The molecule has 0 aliphatic rings. The van der Waals surface area contributed by atoms with Crippen LogP contribution in [0.5, 0.6) is 23.0 Å². The Hall–Kier alpha value is -7.72. The highest BCUT2D eigenvalue weighted by molar-refractivity contribution is 7.19. The Kier molecular flexibility index (Phi) is 12.3. The second kappa shape index (κ2) is 19.5. The topological polar surface area (TPSA) is 36.9 Å². The van der Waals surface area contributed by atoms with Gasteiger partial charge in [-0.15, -0.1) is 45.3 Å². The van der Waals surface area contributed by atoms with Crippen LogP contribution in [0.1, 0.15) is 19.5 Å². The van der Waals surface area contributed by atoms with Gasteiger partial charge in [-0.25, -0.2) is 0 Å². The lowest BCUT2D eigenvalue weighted by Gasteiger charge is -2.15. The Labute approximate surface area is 434 Å². The first-order chi connectivity index (χ1) is 35.5. The third kappa shape index (κ3) is 8.46. The zero-order chi connectivity index (χ0) is 48.7. The predicted octanol–water partition coefficient (Wildman–Crippen LogP) is 16.6. The second-order valence-corrected chi connectivity index (χ2v) is 21.7. The summed E-state index contributed by atoms with van der Waals surface area (Å²) in [4.78, 5) is 9.57. The van der Waals surface area contributed by atoms with E-state index in [1.54, 1.807) is 28.4 Å². The fourth-order valence-corrected chi connectivity index (χ4v) is 14.1. The molecule has 350 valence electrons. The molecule has 72 heavy (non-hydrogen) atoms. The molecule has 0 atom stereocenters. The Morgan fingerprint density at radius 1 is 0.278 bits per heavy atom. The molecular weight excluding hydrogens is 961 g/mol. The van der Waals surface area contributed by atoms with Gasteiger partial charge in [-0.3, -0.25) is 0 Å². The van der Waals surface area contributed by atoms with Crippen molar-refractivity contribution in [1.29, 1.82) is 0 Å². The maximum Gasteiger partial charge on any atom is 0.118 e. The van der Waals surface area contributed by atoms with E-state index in [2.05, 4.69) is 158 Å². The molecule has 4 heterocycles. The van der Waals surface area contributed by atoms with Gasteiger partial charge in [-0.2, -0.15) is 0 Å². The number of ether oxygens (including phenoxy) is 4. The maximum atomic E-state index is 5.55. The number of hydrogen-bond acceptors (Lipinski definition) is 8. The number of fused-ring (bicyclic) bond motifs is 3. The highest BCUT2D eigenvalue weighted by Crippen LogP contribution is 2.43. The van der Waals surface area contributed by atoms with E-state index in [4.69, 9.17) is 18.9 Å². The van der Waals surface area contributed by atoms with E-state index in [1.165, 1.54) is 92.9 Å². The van der Waals surface area contributed by atoms with Crippen LogP contribution < -0.4 is 29.4 Å². The van der Waals surface area contributed by atoms with Crippen LogP contribution in [0.25, 0.3) is 85.2 Å². The molecule has 0 unspecified atom stereocenters. The SMILES string of the molecule is COc1ccc(-c2ccc(C(c3ccc(-c4ccc(OC)cc4)s3)=c3c4ccccc4c(=C(c4ccc(-c5ccc(OC)cc5)s4)c4ccc(-c5ccc(OC)cc5)s4)c4cc5ccccc5cc34)s2)cc1. The molecule has 0 amide bonds. The van der Waals surface area contributed by atoms with Gasteiger partial charge < -0.3 is 18.9 Å². The number of methoxy groups -OCH3 is 4. The molecule has 0 saturated carbocycles. The molecule has 12 rings (SSSR count). The van der Waals surface area contributed by atoms with Crippen molar-refractivity contribution < 1.29 is 18.9 Å². The standard InChI is InChI=1S/C64H46O4S4/c1-65-45-21-13-39(14-22-45)53-29-33-57(69-53)63(58-34-30-54(70-58)40-15-23-46(66-2)24-16-40)61-49-11-7-8-12-50(49)62(52-38-44-10-6-5-9-43(44)37-51(52)61)64(59-35-31-55(71-59)41-17-25-47(67-3)26-18-41)60-36-32-56(72-60)42-19-27-48(68-4)28-20-42/h5-38H,1-4H3. The van der Waals surface area contributed by atoms with Gasteiger partial charge in [0.05, 0.1) is 28.4 Å². The van der Waals surface area contributed by atoms with Crippen molar-refractivity contribution >= 4 is 88.8 Å². The van der Waals surface area contributed by atoms with Gasteiger partial charge in [0.15, 0.2) is 0 Å². The summed E-state index contributed by atoms with van der Waals surface area (Å²) in [6.45, 7) is 0. The molecule has 0 N–H and O–H groups in total. The first-order valence-corrected chi connectivity index (χ1v) is 26.8. The summed E-state index contributed by atoms with van der Waals surface area (Å²) in [6, 6.07) is 74.7. The van der Waals surface area contributed by atoms with E-state index >= 15 is 0 Å². The Bertz CT molecular complexity index is 3620. The smallest absolute Gasteiger partial charge is 0.118 e. The monoisotopic (exact) mass is 1010 g/mol. The average Bonchev–Trinajstić information content (AvgIpc) is 4.31. The van der Waals surface area contributed by atoms with Crippen LogP contribution in [-0.2, 0) is 0 Å². The number of hydrogen-bond donors (Lipinski definition) is 0. The van der Waals surface area contributed by atoms with Crippen molar-refractivity contribution in [3.05, 3.63) is 236 Å². The predicted molar refractivity (Wildman–Crippen MR) is 307 cm³/mol. The quantitative estimate of drug-likeness (QED) is 0.114. The van der Waals surface area contributed by atoms with Gasteiger partial charge in [0.2, 0.25) is 0 Å². The lowest BCUT2D eigenvalue weighted by Crippen LogP contribution is -2.20. The Balaban J connectivity index is 1.21. The van der Waals surface area contributed by atoms with Crippen molar-refractivity contribution in [2.75, 3.05) is 28.4 Å². The van der Waals surface area contributed by atoms with Crippen LogP contribution in [-0.4, -0.2) is 28.4 Å². The minimum atomic E-state index is 0.841. The van der Waals surface area contributed by atoms with Crippen LogP contribution in [0, 0.1) is 0 Å². The van der Waals surface area contributed by atoms with Gasteiger partial charge in [-0.1, -0.05) is 48.5 Å². The molecule has 0 bridgehead atoms. The Morgan fingerprint density at radius 2 is 0.542 bits per heavy atom. The average molecular weight is 1010 g/mol. The van der Waals surface area contributed by atoms with Crippen molar-refractivity contribution in [3.63, 3.8) is 0 Å². The third-order valence-electron chi connectivity index (χ3n) is 13.3. The first-order valence-electron chi connectivity index (χ1n) is 23.6. The highest BCUT2D eigenvalue weighted by Gasteiger charge is 2.22. The fourth-order valence-electron chi connectivity index (χ4n) is 9.67. The molecule has 0 aliphatic heterocycles. The van der Waals surface area contributed by atoms with E-state index in [0.29, 0.717) is 0 Å². The van der Waals surface area contributed by atoms with Gasteiger partial charge in [0.1, 0.15) is 23.0 Å². The summed E-state index contributed by atoms with van der Waals surface area (Å²) in [6.07, 6.45) is 0. The van der Waals surface area contributed by atoms with Crippen molar-refractivity contribution in [1.82, 2.24) is 0 Å². The third-order valence-corrected chi connectivity index (χ3v) is 17.9. The minimum absolute atomic E-state index is 0.841. The molecule has 4 nitrogen and oxygen atoms in total. The summed E-state index contributed by atoms with van der Waals surface area (Å²) < 4.78 is 22.2. The summed E-state index contributed by atoms with van der Waals surface area (Å²) in [5.41, 5.74) is 7.04. The highest BCUT2D eigenvalue weighted by atomic mass is 32.1. The largest absolute Gasteiger partial charge is 0.497 e. The van der Waals surface area contributed by atoms with E-state index in [0.717, 1.165) is 45.3 Å². The van der Waals surface area contributed by atoms with E-state index in [1.807, 2.05) is 93.9 Å². The van der Waals surface area contributed by atoms with Gasteiger partial charge in [0.25, 0.3) is 0 Å². The van der Waals surface area contributed by atoms with E-state index in [-0.39, 0.29) is 0 Å². The van der Waals surface area contributed by atoms with Crippen LogP contribution >= 0.6 is 45.3 Å².